The number of thiazole rings is 1. The molecule has 1 aromatic carbocycles. The fourth-order valence-corrected chi connectivity index (χ4v) is 3.33. The number of carbonyl (C=O) groups is 1. The summed E-state index contributed by atoms with van der Waals surface area (Å²) in [4.78, 5) is 27.2. The highest BCUT2D eigenvalue weighted by Crippen LogP contribution is 2.22. The summed E-state index contributed by atoms with van der Waals surface area (Å²) in [7, 11) is 0. The Bertz CT molecular complexity index is 1070. The van der Waals surface area contributed by atoms with Crippen LogP contribution in [0.1, 0.15) is 21.9 Å². The van der Waals surface area contributed by atoms with Crippen molar-refractivity contribution in [2.75, 3.05) is 5.32 Å². The minimum absolute atomic E-state index is 0.0221. The maximum atomic E-state index is 12.4. The Balaban J connectivity index is 1.75. The zero-order valence-corrected chi connectivity index (χ0v) is 15.5. The van der Waals surface area contributed by atoms with Crippen molar-refractivity contribution in [2.24, 2.45) is 0 Å². The third-order valence-electron chi connectivity index (χ3n) is 3.61. The first-order valence-electron chi connectivity index (χ1n) is 7.73. The monoisotopic (exact) mass is 402 g/mol. The Labute approximate surface area is 162 Å². The summed E-state index contributed by atoms with van der Waals surface area (Å²) in [5.74, 6) is 0.110. The number of hydrogen-bond donors (Lipinski definition) is 2. The summed E-state index contributed by atoms with van der Waals surface area (Å²) in [5, 5.41) is 22.7. The van der Waals surface area contributed by atoms with E-state index >= 15 is 0 Å². The van der Waals surface area contributed by atoms with E-state index in [1.165, 1.54) is 29.5 Å². The lowest BCUT2D eigenvalue weighted by atomic mass is 10.1. The molecule has 0 bridgehead atoms. The van der Waals surface area contributed by atoms with Crippen LogP contribution in [0.4, 0.5) is 10.8 Å². The van der Waals surface area contributed by atoms with E-state index in [0.29, 0.717) is 34.4 Å². The summed E-state index contributed by atoms with van der Waals surface area (Å²) in [6, 6.07) is 5.75. The van der Waals surface area contributed by atoms with Crippen molar-refractivity contribution < 1.29 is 9.72 Å². The third-order valence-corrected chi connectivity index (χ3v) is 4.72. The molecule has 27 heavy (non-hydrogen) atoms. The highest BCUT2D eigenvalue weighted by atomic mass is 32.1. The number of carbonyl (C=O) groups excluding carboxylic acids is 1. The third kappa shape index (κ3) is 4.15. The summed E-state index contributed by atoms with van der Waals surface area (Å²) >= 11 is 6.40. The lowest BCUT2D eigenvalue weighted by Crippen LogP contribution is -2.13. The van der Waals surface area contributed by atoms with Gasteiger partial charge in [0, 0.05) is 18.0 Å². The van der Waals surface area contributed by atoms with Crippen LogP contribution < -0.4 is 5.32 Å². The van der Waals surface area contributed by atoms with Crippen LogP contribution in [-0.4, -0.2) is 30.6 Å². The number of nitrogens with zero attached hydrogens (tertiary/aromatic N) is 4. The number of benzene rings is 1. The summed E-state index contributed by atoms with van der Waals surface area (Å²) < 4.78 is 2.29. The van der Waals surface area contributed by atoms with Gasteiger partial charge in [-0.05, 0) is 18.3 Å². The second-order valence-corrected chi connectivity index (χ2v) is 6.64. The van der Waals surface area contributed by atoms with Crippen LogP contribution in [0.5, 0.6) is 0 Å². The molecule has 0 saturated heterocycles. The largest absolute Gasteiger partial charge is 0.300 e. The van der Waals surface area contributed by atoms with Gasteiger partial charge in [-0.3, -0.25) is 29.9 Å². The summed E-state index contributed by atoms with van der Waals surface area (Å²) in [5.41, 5.74) is 0.412. The molecule has 0 aliphatic carbocycles. The molecule has 0 aliphatic rings. The van der Waals surface area contributed by atoms with Crippen molar-refractivity contribution in [3.8, 4) is 0 Å². The lowest BCUT2D eigenvalue weighted by Gasteiger charge is -2.03. The van der Waals surface area contributed by atoms with Crippen molar-refractivity contribution in [2.45, 2.75) is 13.0 Å². The molecule has 0 radical (unpaired) electrons. The Morgan fingerprint density at radius 2 is 2.26 bits per heavy atom. The number of para-hydroxylation sites is 1. The molecular weight excluding hydrogens is 388 g/mol. The molecule has 2 heterocycles. The molecule has 138 valence electrons. The fourth-order valence-electron chi connectivity index (χ4n) is 2.40. The average Bonchev–Trinajstić information content (AvgIpc) is 3.23. The quantitative estimate of drug-likeness (QED) is 0.271. The van der Waals surface area contributed by atoms with Gasteiger partial charge in [0.2, 0.25) is 0 Å². The maximum absolute atomic E-state index is 12.4. The Morgan fingerprint density at radius 3 is 3.00 bits per heavy atom. The molecular formula is C16H14N6O3S2. The number of nitro groups is 1. The number of nitro benzene ring substituents is 1. The second kappa shape index (κ2) is 8.01. The SMILES string of the molecule is C=CCn1c(Cc2csc(NC(=O)c3ccccc3[N+](=O)[O-])n2)n[nH]c1=S. The van der Waals surface area contributed by atoms with Crippen LogP contribution in [0.2, 0.25) is 0 Å². The zero-order valence-electron chi connectivity index (χ0n) is 13.9. The van der Waals surface area contributed by atoms with Gasteiger partial charge in [-0.25, -0.2) is 4.98 Å². The molecule has 9 nitrogen and oxygen atoms in total. The standard InChI is InChI=1S/C16H14N6O3S2/c1-2-7-21-13(19-20-16(21)26)8-10-9-27-15(17-10)18-14(23)11-5-3-4-6-12(11)22(24)25/h2-6,9H,1,7-8H2,(H,20,26)(H,17,18,23). The molecule has 2 aromatic heterocycles. The van der Waals surface area contributed by atoms with E-state index in [4.69, 9.17) is 12.2 Å². The first-order chi connectivity index (χ1) is 13.0. The summed E-state index contributed by atoms with van der Waals surface area (Å²) in [6.07, 6.45) is 2.13. The van der Waals surface area contributed by atoms with Crippen LogP contribution in [0, 0.1) is 14.9 Å². The van der Waals surface area contributed by atoms with Gasteiger partial charge in [0.25, 0.3) is 11.6 Å². The molecule has 0 aliphatic heterocycles. The highest BCUT2D eigenvalue weighted by Gasteiger charge is 2.20. The minimum Gasteiger partial charge on any atom is -0.300 e. The molecule has 0 fully saturated rings. The number of amides is 1. The van der Waals surface area contributed by atoms with Gasteiger partial charge < -0.3 is 0 Å². The average molecular weight is 402 g/mol. The van der Waals surface area contributed by atoms with Gasteiger partial charge in [0.1, 0.15) is 11.4 Å². The van der Waals surface area contributed by atoms with Gasteiger partial charge in [0.15, 0.2) is 9.90 Å². The molecule has 0 spiro atoms. The van der Waals surface area contributed by atoms with E-state index in [9.17, 15) is 14.9 Å². The molecule has 3 aromatic rings. The number of rotatable bonds is 7. The lowest BCUT2D eigenvalue weighted by molar-refractivity contribution is -0.385. The highest BCUT2D eigenvalue weighted by molar-refractivity contribution is 7.71. The van der Waals surface area contributed by atoms with E-state index in [1.807, 2.05) is 0 Å². The molecule has 1 amide bonds. The van der Waals surface area contributed by atoms with Crippen molar-refractivity contribution in [1.82, 2.24) is 19.7 Å². The molecule has 0 atom stereocenters. The molecule has 11 heteroatoms. The molecule has 3 rings (SSSR count). The second-order valence-electron chi connectivity index (χ2n) is 5.39. The van der Waals surface area contributed by atoms with Crippen molar-refractivity contribution in [3.63, 3.8) is 0 Å². The van der Waals surface area contributed by atoms with Crippen molar-refractivity contribution >= 4 is 40.3 Å². The number of aromatic nitrogens is 4. The molecule has 2 N–H and O–H groups in total. The number of nitrogens with one attached hydrogen (secondary N) is 2. The van der Waals surface area contributed by atoms with Gasteiger partial charge >= 0.3 is 0 Å². The van der Waals surface area contributed by atoms with Crippen LogP contribution in [0.25, 0.3) is 0 Å². The van der Waals surface area contributed by atoms with Gasteiger partial charge in [-0.15, -0.1) is 17.9 Å². The van der Waals surface area contributed by atoms with E-state index in [2.05, 4.69) is 27.1 Å². The van der Waals surface area contributed by atoms with E-state index < -0.39 is 10.8 Å². The van der Waals surface area contributed by atoms with Gasteiger partial charge in [-0.1, -0.05) is 18.2 Å². The molecule has 0 unspecified atom stereocenters. The Hall–Kier alpha value is -3.18. The van der Waals surface area contributed by atoms with Crippen LogP contribution in [0.3, 0.4) is 0 Å². The zero-order chi connectivity index (χ0) is 19.4. The minimum atomic E-state index is -0.593. The first kappa shape index (κ1) is 18.6. The Kier molecular flexibility index (Phi) is 5.52. The van der Waals surface area contributed by atoms with Gasteiger partial charge in [-0.2, -0.15) is 5.10 Å². The van der Waals surface area contributed by atoms with Gasteiger partial charge in [0.05, 0.1) is 17.0 Å². The van der Waals surface area contributed by atoms with Crippen molar-refractivity contribution in [3.05, 3.63) is 74.3 Å². The maximum Gasteiger partial charge on any atom is 0.282 e. The van der Waals surface area contributed by atoms with E-state index in [-0.39, 0.29) is 11.3 Å². The van der Waals surface area contributed by atoms with Crippen LogP contribution in [-0.2, 0) is 13.0 Å². The fraction of sp³-hybridized carbons (Fsp3) is 0.125. The smallest absolute Gasteiger partial charge is 0.282 e. The number of anilines is 1. The van der Waals surface area contributed by atoms with Crippen LogP contribution >= 0.6 is 23.6 Å². The predicted octanol–water partition coefficient (Wildman–Crippen LogP) is 3.33. The topological polar surface area (TPSA) is 119 Å². The van der Waals surface area contributed by atoms with Crippen LogP contribution in [0.15, 0.2) is 42.3 Å². The number of hydrogen-bond acceptors (Lipinski definition) is 7. The number of allylic oxidation sites excluding steroid dienone is 1. The Morgan fingerprint density at radius 1 is 1.48 bits per heavy atom. The number of H-pyrrole nitrogens is 1. The molecule has 0 saturated carbocycles. The number of aromatic amines is 1. The first-order valence-corrected chi connectivity index (χ1v) is 9.02. The normalized spacial score (nSPS) is 10.5. The summed E-state index contributed by atoms with van der Waals surface area (Å²) in [6.45, 7) is 4.22. The van der Waals surface area contributed by atoms with E-state index in [0.717, 1.165) is 0 Å². The van der Waals surface area contributed by atoms with E-state index in [1.54, 1.807) is 22.1 Å². The predicted molar refractivity (Wildman–Crippen MR) is 104 cm³/mol. The van der Waals surface area contributed by atoms with Crippen molar-refractivity contribution in [1.29, 1.82) is 0 Å².